The van der Waals surface area contributed by atoms with Gasteiger partial charge in [0.25, 0.3) is 0 Å². The zero-order valence-electron chi connectivity index (χ0n) is 15.3. The van der Waals surface area contributed by atoms with Gasteiger partial charge in [-0.3, -0.25) is 4.79 Å². The molecule has 0 spiro atoms. The molecule has 1 aliphatic rings. The highest BCUT2D eigenvalue weighted by Crippen LogP contribution is 2.30. The predicted molar refractivity (Wildman–Crippen MR) is 110 cm³/mol. The molecule has 0 saturated carbocycles. The fourth-order valence-electron chi connectivity index (χ4n) is 2.94. The van der Waals surface area contributed by atoms with Gasteiger partial charge in [-0.25, -0.2) is 4.98 Å². The molecule has 1 unspecified atom stereocenters. The number of thiazole rings is 1. The van der Waals surface area contributed by atoms with Gasteiger partial charge in [0, 0.05) is 23.6 Å². The van der Waals surface area contributed by atoms with Crippen LogP contribution in [-0.2, 0) is 11.4 Å². The Labute approximate surface area is 167 Å². The monoisotopic (exact) mass is 403 g/mol. The third-order valence-electron chi connectivity index (χ3n) is 4.44. The summed E-state index contributed by atoms with van der Waals surface area (Å²) in [7, 11) is 1.83. The van der Waals surface area contributed by atoms with Crippen molar-refractivity contribution in [2.75, 3.05) is 13.6 Å². The SMILES string of the molecule is CNCC(NC(=O)C1=CC=C(c2ccc(Cl)cc2)C1)c1nc(C)c(CO)s1. The van der Waals surface area contributed by atoms with Gasteiger partial charge in [0.05, 0.1) is 23.2 Å². The first-order chi connectivity index (χ1) is 13.0. The molecule has 7 heteroatoms. The van der Waals surface area contributed by atoms with Gasteiger partial charge in [0.1, 0.15) is 5.01 Å². The van der Waals surface area contributed by atoms with E-state index in [1.54, 1.807) is 0 Å². The summed E-state index contributed by atoms with van der Waals surface area (Å²) in [6.07, 6.45) is 4.42. The van der Waals surface area contributed by atoms with E-state index in [9.17, 15) is 9.90 Å². The molecule has 1 atom stereocenters. The summed E-state index contributed by atoms with van der Waals surface area (Å²) in [5.74, 6) is -0.103. The molecule has 0 aliphatic heterocycles. The number of hydrogen-bond acceptors (Lipinski definition) is 5. The summed E-state index contributed by atoms with van der Waals surface area (Å²) < 4.78 is 0. The standard InChI is InChI=1S/C20H22ClN3O2S/c1-12-18(11-25)27-20(23-12)17(10-22-2)24-19(26)15-4-3-14(9-15)13-5-7-16(21)8-6-13/h3-8,17,22,25H,9-11H2,1-2H3,(H,24,26). The average molecular weight is 404 g/mol. The molecule has 3 rings (SSSR count). The van der Waals surface area contributed by atoms with E-state index in [0.717, 1.165) is 32.3 Å². The molecular weight excluding hydrogens is 382 g/mol. The number of halogens is 1. The number of carbonyl (C=O) groups excluding carboxylic acids is 1. The van der Waals surface area contributed by atoms with Crippen molar-refractivity contribution in [1.82, 2.24) is 15.6 Å². The van der Waals surface area contributed by atoms with E-state index in [1.807, 2.05) is 50.4 Å². The summed E-state index contributed by atoms with van der Waals surface area (Å²) in [6.45, 7) is 2.39. The summed E-state index contributed by atoms with van der Waals surface area (Å²) >= 11 is 7.37. The number of hydrogen-bond donors (Lipinski definition) is 3. The number of likely N-dealkylation sites (N-methyl/N-ethyl adjacent to an activating group) is 1. The first kappa shape index (κ1) is 19.8. The van der Waals surface area contributed by atoms with E-state index in [0.29, 0.717) is 18.0 Å². The van der Waals surface area contributed by atoms with Gasteiger partial charge in [-0.15, -0.1) is 11.3 Å². The largest absolute Gasteiger partial charge is 0.391 e. The summed E-state index contributed by atoms with van der Waals surface area (Å²) in [5, 5.41) is 17.0. The summed E-state index contributed by atoms with van der Waals surface area (Å²) in [4.78, 5) is 18.1. The summed E-state index contributed by atoms with van der Waals surface area (Å²) in [5.41, 5.74) is 3.68. The second-order valence-electron chi connectivity index (χ2n) is 6.37. The van der Waals surface area contributed by atoms with E-state index >= 15 is 0 Å². The van der Waals surface area contributed by atoms with Crippen LogP contribution in [0.4, 0.5) is 0 Å². The number of amides is 1. The molecule has 27 heavy (non-hydrogen) atoms. The number of carbonyl (C=O) groups is 1. The summed E-state index contributed by atoms with van der Waals surface area (Å²) in [6, 6.07) is 7.37. The van der Waals surface area contributed by atoms with Crippen LogP contribution in [0.15, 0.2) is 42.0 Å². The Hall–Kier alpha value is -1.99. The first-order valence-corrected chi connectivity index (χ1v) is 9.89. The lowest BCUT2D eigenvalue weighted by molar-refractivity contribution is -0.118. The Morgan fingerprint density at radius 1 is 1.33 bits per heavy atom. The number of aromatic nitrogens is 1. The number of nitrogens with one attached hydrogen (secondary N) is 2. The van der Waals surface area contributed by atoms with Crippen molar-refractivity contribution < 1.29 is 9.90 Å². The van der Waals surface area contributed by atoms with Crippen LogP contribution in [0.5, 0.6) is 0 Å². The molecule has 5 nitrogen and oxygen atoms in total. The normalized spacial score (nSPS) is 14.7. The zero-order valence-corrected chi connectivity index (χ0v) is 16.8. The number of nitrogens with zero attached hydrogens (tertiary/aromatic N) is 1. The van der Waals surface area contributed by atoms with E-state index in [1.165, 1.54) is 11.3 Å². The van der Waals surface area contributed by atoms with E-state index < -0.39 is 0 Å². The number of rotatable bonds is 7. The Balaban J connectivity index is 1.67. The van der Waals surface area contributed by atoms with Gasteiger partial charge < -0.3 is 15.7 Å². The lowest BCUT2D eigenvalue weighted by Crippen LogP contribution is -2.35. The van der Waals surface area contributed by atoms with Crippen molar-refractivity contribution in [2.24, 2.45) is 0 Å². The van der Waals surface area contributed by atoms with Crippen molar-refractivity contribution in [3.63, 3.8) is 0 Å². The molecule has 142 valence electrons. The zero-order chi connectivity index (χ0) is 19.4. The molecule has 1 heterocycles. The van der Waals surface area contributed by atoms with E-state index in [-0.39, 0.29) is 18.6 Å². The van der Waals surface area contributed by atoms with Crippen molar-refractivity contribution in [2.45, 2.75) is 26.0 Å². The van der Waals surface area contributed by atoms with Crippen LogP contribution >= 0.6 is 22.9 Å². The Morgan fingerprint density at radius 2 is 2.07 bits per heavy atom. The van der Waals surface area contributed by atoms with Gasteiger partial charge in [0.15, 0.2) is 0 Å². The van der Waals surface area contributed by atoms with Crippen molar-refractivity contribution >= 4 is 34.4 Å². The highest BCUT2D eigenvalue weighted by Gasteiger charge is 2.23. The molecule has 3 N–H and O–H groups in total. The maximum Gasteiger partial charge on any atom is 0.248 e. The quantitative estimate of drug-likeness (QED) is 0.662. The van der Waals surface area contributed by atoms with Gasteiger partial charge in [-0.05, 0) is 37.2 Å². The number of aliphatic hydroxyl groups excluding tert-OH is 1. The van der Waals surface area contributed by atoms with Crippen molar-refractivity contribution in [3.8, 4) is 0 Å². The second-order valence-corrected chi connectivity index (χ2v) is 7.92. The minimum absolute atomic E-state index is 0.0384. The topological polar surface area (TPSA) is 74.2 Å². The molecule has 1 aromatic carbocycles. The molecule has 0 bridgehead atoms. The Kier molecular flexibility index (Phi) is 6.44. The minimum atomic E-state index is -0.244. The highest BCUT2D eigenvalue weighted by molar-refractivity contribution is 7.11. The van der Waals surface area contributed by atoms with Gasteiger partial charge in [0.2, 0.25) is 5.91 Å². The molecule has 2 aromatic rings. The fourth-order valence-corrected chi connectivity index (χ4v) is 4.05. The third kappa shape index (κ3) is 4.65. The van der Waals surface area contributed by atoms with E-state index in [4.69, 9.17) is 11.6 Å². The Morgan fingerprint density at radius 3 is 2.70 bits per heavy atom. The second kappa shape index (κ2) is 8.80. The van der Waals surface area contributed by atoms with E-state index in [2.05, 4.69) is 15.6 Å². The van der Waals surface area contributed by atoms with Crippen LogP contribution in [0, 0.1) is 6.92 Å². The first-order valence-electron chi connectivity index (χ1n) is 8.70. The third-order valence-corrected chi connectivity index (χ3v) is 5.95. The number of aliphatic hydroxyl groups is 1. The van der Waals surface area contributed by atoms with Gasteiger partial charge in [-0.2, -0.15) is 0 Å². The number of benzene rings is 1. The molecule has 0 saturated heterocycles. The lowest BCUT2D eigenvalue weighted by atomic mass is 10.0. The maximum atomic E-state index is 12.8. The smallest absolute Gasteiger partial charge is 0.248 e. The molecule has 1 aromatic heterocycles. The molecule has 1 amide bonds. The highest BCUT2D eigenvalue weighted by atomic mass is 35.5. The van der Waals surface area contributed by atoms with Gasteiger partial charge >= 0.3 is 0 Å². The van der Waals surface area contributed by atoms with Crippen LogP contribution in [0.3, 0.4) is 0 Å². The van der Waals surface area contributed by atoms with Crippen LogP contribution in [-0.4, -0.2) is 29.6 Å². The Bertz CT molecular complexity index is 887. The minimum Gasteiger partial charge on any atom is -0.391 e. The predicted octanol–water partition coefficient (Wildman–Crippen LogP) is 3.39. The molecular formula is C20H22ClN3O2S. The van der Waals surface area contributed by atoms with Crippen molar-refractivity contribution in [1.29, 1.82) is 0 Å². The molecule has 0 fully saturated rings. The van der Waals surface area contributed by atoms with Crippen LogP contribution in [0.1, 0.15) is 33.6 Å². The molecule has 1 aliphatic carbocycles. The van der Waals surface area contributed by atoms with Gasteiger partial charge in [-0.1, -0.05) is 35.9 Å². The number of allylic oxidation sites excluding steroid dienone is 3. The lowest BCUT2D eigenvalue weighted by Gasteiger charge is -2.17. The van der Waals surface area contributed by atoms with Crippen LogP contribution in [0.2, 0.25) is 5.02 Å². The maximum absolute atomic E-state index is 12.8. The van der Waals surface area contributed by atoms with Crippen molar-refractivity contribution in [3.05, 3.63) is 68.2 Å². The average Bonchev–Trinajstić information content (AvgIpc) is 3.29. The van der Waals surface area contributed by atoms with Crippen LogP contribution < -0.4 is 10.6 Å². The molecule has 0 radical (unpaired) electrons. The number of aryl methyl sites for hydroxylation is 1. The van der Waals surface area contributed by atoms with Crippen LogP contribution in [0.25, 0.3) is 5.57 Å². The fraction of sp³-hybridized carbons (Fsp3) is 0.300.